The summed E-state index contributed by atoms with van der Waals surface area (Å²) in [6.45, 7) is 6.24. The second-order valence-corrected chi connectivity index (χ2v) is 12.1. The van der Waals surface area contributed by atoms with Gasteiger partial charge in [0.2, 0.25) is 0 Å². The van der Waals surface area contributed by atoms with Crippen LogP contribution in [0.15, 0.2) is 47.9 Å². The number of amides is 1. The van der Waals surface area contributed by atoms with Crippen molar-refractivity contribution in [2.24, 2.45) is 7.05 Å². The zero-order valence-electron chi connectivity index (χ0n) is 21.2. The molecule has 4 aromatic heterocycles. The van der Waals surface area contributed by atoms with Crippen LogP contribution >= 0.6 is 0 Å². The van der Waals surface area contributed by atoms with E-state index in [1.54, 1.807) is 69.9 Å². The fraction of sp³-hybridized carbons (Fsp3) is 0.375. The van der Waals surface area contributed by atoms with E-state index < -0.39 is 20.6 Å². The number of hydrogen-bond donors (Lipinski definition) is 2. The van der Waals surface area contributed by atoms with E-state index in [4.69, 9.17) is 4.74 Å². The third-order valence-electron chi connectivity index (χ3n) is 5.71. The SMILES string of the molecule is C[C@@H](NC(=O)c1cc(-c2cnc3cc(OCCO)c(S(=O)(=O)C(C)(C)C)cn23)nn1C)c1ncccn1. The highest BCUT2D eigenvalue weighted by atomic mass is 32.2. The predicted molar refractivity (Wildman–Crippen MR) is 135 cm³/mol. The van der Waals surface area contributed by atoms with Gasteiger partial charge in [0.15, 0.2) is 9.84 Å². The monoisotopic (exact) mass is 527 g/mol. The van der Waals surface area contributed by atoms with Gasteiger partial charge in [-0.05, 0) is 39.8 Å². The van der Waals surface area contributed by atoms with E-state index in [0.717, 1.165) is 0 Å². The van der Waals surface area contributed by atoms with Gasteiger partial charge >= 0.3 is 0 Å². The molecule has 4 heterocycles. The van der Waals surface area contributed by atoms with Gasteiger partial charge in [0, 0.05) is 31.7 Å². The Labute approximate surface area is 214 Å². The lowest BCUT2D eigenvalue weighted by Gasteiger charge is -2.21. The van der Waals surface area contributed by atoms with Crippen LogP contribution in [0.4, 0.5) is 0 Å². The van der Waals surface area contributed by atoms with Crippen molar-refractivity contribution in [3.63, 3.8) is 0 Å². The van der Waals surface area contributed by atoms with Crippen LogP contribution in [0.25, 0.3) is 17.0 Å². The van der Waals surface area contributed by atoms with E-state index in [1.165, 1.54) is 16.9 Å². The Morgan fingerprint density at radius 2 is 1.89 bits per heavy atom. The summed E-state index contributed by atoms with van der Waals surface area (Å²) in [5, 5.41) is 16.5. The van der Waals surface area contributed by atoms with Gasteiger partial charge in [-0.25, -0.2) is 23.4 Å². The number of rotatable bonds is 8. The van der Waals surface area contributed by atoms with E-state index in [0.29, 0.717) is 22.9 Å². The number of pyridine rings is 1. The van der Waals surface area contributed by atoms with Crippen LogP contribution in [0.5, 0.6) is 5.75 Å². The summed E-state index contributed by atoms with van der Waals surface area (Å²) >= 11 is 0. The molecule has 0 saturated carbocycles. The molecule has 4 aromatic rings. The number of aromatic nitrogens is 6. The summed E-state index contributed by atoms with van der Waals surface area (Å²) in [5.74, 6) is 0.212. The molecule has 0 bridgehead atoms. The Morgan fingerprint density at radius 1 is 1.19 bits per heavy atom. The number of sulfone groups is 1. The molecule has 37 heavy (non-hydrogen) atoms. The third-order valence-corrected chi connectivity index (χ3v) is 8.21. The average Bonchev–Trinajstić information content (AvgIpc) is 3.44. The lowest BCUT2D eigenvalue weighted by molar-refractivity contribution is 0.0928. The van der Waals surface area contributed by atoms with Crippen molar-refractivity contribution in [2.45, 2.75) is 43.4 Å². The van der Waals surface area contributed by atoms with Crippen LogP contribution in [0, 0.1) is 0 Å². The summed E-state index contributed by atoms with van der Waals surface area (Å²) < 4.78 is 34.2. The maximum atomic E-state index is 13.4. The van der Waals surface area contributed by atoms with Gasteiger partial charge in [0.25, 0.3) is 5.91 Å². The first-order valence-corrected chi connectivity index (χ1v) is 13.0. The number of carbonyl (C=O) groups excluding carboxylic acids is 1. The van der Waals surface area contributed by atoms with Crippen LogP contribution in [0.3, 0.4) is 0 Å². The second-order valence-electron chi connectivity index (χ2n) is 9.40. The highest BCUT2D eigenvalue weighted by Gasteiger charge is 2.34. The number of aliphatic hydroxyl groups excluding tert-OH is 1. The highest BCUT2D eigenvalue weighted by Crippen LogP contribution is 2.34. The number of imidazole rings is 1. The Balaban J connectivity index is 1.74. The summed E-state index contributed by atoms with van der Waals surface area (Å²) in [6.07, 6.45) is 6.19. The van der Waals surface area contributed by atoms with Crippen molar-refractivity contribution in [3.05, 3.63) is 54.5 Å². The van der Waals surface area contributed by atoms with E-state index >= 15 is 0 Å². The van der Waals surface area contributed by atoms with E-state index in [-0.39, 0.29) is 35.5 Å². The minimum atomic E-state index is -3.82. The zero-order valence-corrected chi connectivity index (χ0v) is 22.0. The Morgan fingerprint density at radius 3 is 2.54 bits per heavy atom. The molecule has 12 nitrogen and oxygen atoms in total. The van der Waals surface area contributed by atoms with Crippen LogP contribution < -0.4 is 10.1 Å². The largest absolute Gasteiger partial charge is 0.490 e. The van der Waals surface area contributed by atoms with Gasteiger partial charge in [0.05, 0.1) is 29.3 Å². The number of aryl methyl sites for hydroxylation is 1. The van der Waals surface area contributed by atoms with E-state index in [9.17, 15) is 18.3 Å². The molecule has 0 aliphatic rings. The predicted octanol–water partition coefficient (Wildman–Crippen LogP) is 1.96. The lowest BCUT2D eigenvalue weighted by Crippen LogP contribution is -2.29. The molecule has 0 spiro atoms. The lowest BCUT2D eigenvalue weighted by atomic mass is 10.2. The van der Waals surface area contributed by atoms with Crippen LogP contribution in [-0.2, 0) is 16.9 Å². The van der Waals surface area contributed by atoms with Gasteiger partial charge in [-0.1, -0.05) is 0 Å². The van der Waals surface area contributed by atoms with Gasteiger partial charge in [-0.3, -0.25) is 13.9 Å². The average molecular weight is 528 g/mol. The minimum absolute atomic E-state index is 0.0363. The van der Waals surface area contributed by atoms with Gasteiger partial charge in [-0.15, -0.1) is 0 Å². The maximum Gasteiger partial charge on any atom is 0.270 e. The van der Waals surface area contributed by atoms with Crippen LogP contribution in [0.2, 0.25) is 0 Å². The summed E-state index contributed by atoms with van der Waals surface area (Å²) in [7, 11) is -2.18. The van der Waals surface area contributed by atoms with Gasteiger partial charge in [0.1, 0.15) is 40.1 Å². The quantitative estimate of drug-likeness (QED) is 0.350. The molecule has 0 radical (unpaired) electrons. The highest BCUT2D eigenvalue weighted by molar-refractivity contribution is 7.92. The van der Waals surface area contributed by atoms with Crippen molar-refractivity contribution in [2.75, 3.05) is 13.2 Å². The fourth-order valence-corrected chi connectivity index (χ4v) is 4.94. The molecule has 0 saturated heterocycles. The second kappa shape index (κ2) is 9.90. The first kappa shape index (κ1) is 26.2. The van der Waals surface area contributed by atoms with Crippen molar-refractivity contribution < 1.29 is 23.1 Å². The molecule has 0 fully saturated rings. The molecule has 0 aliphatic carbocycles. The molecule has 0 aliphatic heterocycles. The third kappa shape index (κ3) is 5.04. The number of aliphatic hydroxyl groups is 1. The molecule has 0 aromatic carbocycles. The number of carbonyl (C=O) groups is 1. The maximum absolute atomic E-state index is 13.4. The Bertz CT molecular complexity index is 1540. The minimum Gasteiger partial charge on any atom is -0.490 e. The molecular formula is C24H29N7O5S. The first-order valence-electron chi connectivity index (χ1n) is 11.6. The van der Waals surface area contributed by atoms with Gasteiger partial charge in [-0.2, -0.15) is 5.10 Å². The fourth-order valence-electron chi connectivity index (χ4n) is 3.65. The van der Waals surface area contributed by atoms with Crippen molar-refractivity contribution >= 4 is 21.4 Å². The van der Waals surface area contributed by atoms with Crippen LogP contribution in [-0.4, -0.2) is 66.5 Å². The number of nitrogens with one attached hydrogen (secondary N) is 1. The smallest absolute Gasteiger partial charge is 0.270 e. The Kier molecular flexibility index (Phi) is 7.02. The molecular weight excluding hydrogens is 498 g/mol. The zero-order chi connectivity index (χ0) is 27.0. The number of ether oxygens (including phenoxy) is 1. The van der Waals surface area contributed by atoms with E-state index in [1.807, 2.05) is 0 Å². The van der Waals surface area contributed by atoms with Gasteiger partial charge < -0.3 is 15.2 Å². The summed E-state index contributed by atoms with van der Waals surface area (Å²) in [5.41, 5.74) is 1.62. The number of hydrogen-bond acceptors (Lipinski definition) is 9. The van der Waals surface area contributed by atoms with E-state index in [2.05, 4.69) is 25.4 Å². The molecule has 2 N–H and O–H groups in total. The number of fused-ring (bicyclic) bond motifs is 1. The molecule has 1 amide bonds. The molecule has 4 rings (SSSR count). The van der Waals surface area contributed by atoms with Crippen LogP contribution in [0.1, 0.15) is 50.0 Å². The molecule has 1 atom stereocenters. The summed E-state index contributed by atoms with van der Waals surface area (Å²) in [4.78, 5) is 25.6. The first-order chi connectivity index (χ1) is 17.4. The van der Waals surface area contributed by atoms with Crippen molar-refractivity contribution in [3.8, 4) is 17.1 Å². The summed E-state index contributed by atoms with van der Waals surface area (Å²) in [6, 6.07) is 4.38. The standard InChI is InChI=1S/C24H29N7O5S/c1-15(22-25-7-6-8-26-22)28-23(33)17-11-16(29-30(17)5)18-13-27-21-12-19(36-10-9-32)20(14-31(18)21)37(34,35)24(2,3)4/h6-8,11-15,32H,9-10H2,1-5H3,(H,28,33)/t15-/m1/s1. The molecule has 196 valence electrons. The normalized spacial score (nSPS) is 13.0. The Hall–Kier alpha value is -3.84. The topological polar surface area (TPSA) is 154 Å². The number of nitrogens with zero attached hydrogens (tertiary/aromatic N) is 6. The molecule has 13 heteroatoms. The van der Waals surface area contributed by atoms with Crippen molar-refractivity contribution in [1.29, 1.82) is 0 Å². The molecule has 0 unspecified atom stereocenters. The van der Waals surface area contributed by atoms with Crippen molar-refractivity contribution in [1.82, 2.24) is 34.4 Å².